The Hall–Kier alpha value is -0.180. The molecule has 1 aromatic rings. The second-order valence-electron chi connectivity index (χ2n) is 4.84. The van der Waals surface area contributed by atoms with E-state index in [1.807, 2.05) is 23.1 Å². The second-order valence-corrected chi connectivity index (χ2v) is 6.94. The van der Waals surface area contributed by atoms with Gasteiger partial charge in [0.2, 0.25) is 0 Å². The molecule has 1 saturated heterocycles. The van der Waals surface area contributed by atoms with Crippen molar-refractivity contribution in [3.8, 4) is 0 Å². The molecule has 1 fully saturated rings. The number of rotatable bonds is 3. The smallest absolute Gasteiger partial charge is 0.255 e. The maximum atomic E-state index is 12.6. The molecule has 1 aliphatic heterocycles. The highest BCUT2D eigenvalue weighted by Gasteiger charge is 2.21. The number of nitrogens with zero attached hydrogens (tertiary/aromatic N) is 2. The minimum absolute atomic E-state index is 0.0845. The summed E-state index contributed by atoms with van der Waals surface area (Å²) in [5.74, 6) is 0.0845. The Morgan fingerprint density at radius 3 is 2.85 bits per heavy atom. The van der Waals surface area contributed by atoms with E-state index >= 15 is 0 Å². The number of hydrogen-bond acceptors (Lipinski definition) is 3. The van der Waals surface area contributed by atoms with E-state index in [-0.39, 0.29) is 12.5 Å². The lowest BCUT2D eigenvalue weighted by Crippen LogP contribution is -2.36. The zero-order valence-electron chi connectivity index (χ0n) is 11.2. The van der Waals surface area contributed by atoms with Crippen LogP contribution < -0.4 is 0 Å². The average Bonchev–Trinajstić information content (AvgIpc) is 2.67. The van der Waals surface area contributed by atoms with E-state index in [1.165, 1.54) is 0 Å². The van der Waals surface area contributed by atoms with Gasteiger partial charge in [0.1, 0.15) is 0 Å². The van der Waals surface area contributed by atoms with Crippen LogP contribution in [0.15, 0.2) is 22.7 Å². The van der Waals surface area contributed by atoms with Crippen molar-refractivity contribution >= 4 is 44.4 Å². The maximum absolute atomic E-state index is 12.6. The van der Waals surface area contributed by atoms with Gasteiger partial charge in [-0.25, -0.2) is 0 Å². The first-order valence-electron chi connectivity index (χ1n) is 6.69. The molecule has 1 aliphatic rings. The summed E-state index contributed by atoms with van der Waals surface area (Å²) in [6.45, 7) is 4.13. The summed E-state index contributed by atoms with van der Waals surface area (Å²) < 4.78 is 1.91. The maximum Gasteiger partial charge on any atom is 0.255 e. The first kappa shape index (κ1) is 16.2. The fourth-order valence-corrected chi connectivity index (χ4v) is 3.28. The topological polar surface area (TPSA) is 43.8 Å². The van der Waals surface area contributed by atoms with Crippen molar-refractivity contribution in [1.29, 1.82) is 0 Å². The molecule has 0 aliphatic carbocycles. The number of aliphatic hydroxyl groups excluding tert-OH is 1. The van der Waals surface area contributed by atoms with Crippen LogP contribution in [0, 0.1) is 3.57 Å². The predicted molar refractivity (Wildman–Crippen MR) is 90.9 cm³/mol. The van der Waals surface area contributed by atoms with E-state index in [0.717, 1.165) is 46.2 Å². The van der Waals surface area contributed by atoms with E-state index < -0.39 is 0 Å². The van der Waals surface area contributed by atoms with Gasteiger partial charge in [-0.3, -0.25) is 9.69 Å². The third-order valence-electron chi connectivity index (χ3n) is 3.45. The molecule has 0 unspecified atom stereocenters. The molecular weight excluding hydrogens is 435 g/mol. The Labute approximate surface area is 141 Å². The van der Waals surface area contributed by atoms with Crippen LogP contribution in [0.1, 0.15) is 16.8 Å². The van der Waals surface area contributed by atoms with Gasteiger partial charge < -0.3 is 10.0 Å². The van der Waals surface area contributed by atoms with Gasteiger partial charge in [0.05, 0.1) is 12.2 Å². The van der Waals surface area contributed by atoms with Crippen LogP contribution in [0.25, 0.3) is 0 Å². The lowest BCUT2D eigenvalue weighted by Gasteiger charge is -2.22. The van der Waals surface area contributed by atoms with Crippen molar-refractivity contribution < 1.29 is 9.90 Å². The molecule has 1 heterocycles. The molecular formula is C14H18BrIN2O2. The molecule has 4 nitrogen and oxygen atoms in total. The Balaban J connectivity index is 2.07. The summed E-state index contributed by atoms with van der Waals surface area (Å²) in [5.41, 5.74) is 0.729. The number of β-amino-alcohol motifs (C(OH)–C–C–N with tert-alkyl or cyclic N) is 1. The third-order valence-corrected chi connectivity index (χ3v) is 4.81. The lowest BCUT2D eigenvalue weighted by atomic mass is 10.2. The highest BCUT2D eigenvalue weighted by Crippen LogP contribution is 2.21. The predicted octanol–water partition coefficient (Wildman–Crippen LogP) is 2.19. The zero-order valence-corrected chi connectivity index (χ0v) is 14.9. The fourth-order valence-electron chi connectivity index (χ4n) is 2.37. The van der Waals surface area contributed by atoms with Crippen LogP contribution in [-0.4, -0.2) is 60.1 Å². The average molecular weight is 453 g/mol. The van der Waals surface area contributed by atoms with Gasteiger partial charge in [0.15, 0.2) is 0 Å². The van der Waals surface area contributed by atoms with E-state index in [9.17, 15) is 4.79 Å². The molecule has 0 bridgehead atoms. The highest BCUT2D eigenvalue weighted by molar-refractivity contribution is 14.1. The number of carbonyl (C=O) groups is 1. The van der Waals surface area contributed by atoms with Gasteiger partial charge in [-0.2, -0.15) is 0 Å². The molecule has 0 spiro atoms. The second kappa shape index (κ2) is 7.72. The molecule has 0 saturated carbocycles. The molecule has 0 atom stereocenters. The van der Waals surface area contributed by atoms with Gasteiger partial charge in [0.25, 0.3) is 5.91 Å². The largest absolute Gasteiger partial charge is 0.395 e. The van der Waals surface area contributed by atoms with Crippen molar-refractivity contribution in [2.24, 2.45) is 0 Å². The van der Waals surface area contributed by atoms with Crippen molar-refractivity contribution in [1.82, 2.24) is 9.80 Å². The Morgan fingerprint density at radius 1 is 1.30 bits per heavy atom. The molecule has 2 rings (SSSR count). The first-order valence-corrected chi connectivity index (χ1v) is 8.56. The number of hydrogen-bond donors (Lipinski definition) is 1. The van der Waals surface area contributed by atoms with Gasteiger partial charge in [-0.1, -0.05) is 0 Å². The SMILES string of the molecule is O=C(c1cc(I)ccc1Br)N1CCCN(CCO)CC1. The Bertz CT molecular complexity index is 484. The molecule has 1 N–H and O–H groups in total. The van der Waals surface area contributed by atoms with Crippen molar-refractivity contribution in [2.45, 2.75) is 6.42 Å². The molecule has 20 heavy (non-hydrogen) atoms. The van der Waals surface area contributed by atoms with Crippen LogP contribution in [0.4, 0.5) is 0 Å². The normalized spacial score (nSPS) is 17.1. The molecule has 1 amide bonds. The van der Waals surface area contributed by atoms with Gasteiger partial charge in [0, 0.05) is 34.2 Å². The van der Waals surface area contributed by atoms with E-state index in [1.54, 1.807) is 0 Å². The fraction of sp³-hybridized carbons (Fsp3) is 0.500. The number of amides is 1. The third kappa shape index (κ3) is 4.16. The summed E-state index contributed by atoms with van der Waals surface area (Å²) in [6, 6.07) is 5.82. The molecule has 1 aromatic carbocycles. The standard InChI is InChI=1S/C14H18BrIN2O2/c15-13-3-2-11(16)10-12(13)14(20)18-5-1-4-17(6-7-18)8-9-19/h2-3,10,19H,1,4-9H2. The Morgan fingerprint density at radius 2 is 2.10 bits per heavy atom. The number of benzene rings is 1. The summed E-state index contributed by atoms with van der Waals surface area (Å²) >= 11 is 5.68. The summed E-state index contributed by atoms with van der Waals surface area (Å²) in [7, 11) is 0. The Kier molecular flexibility index (Phi) is 6.25. The van der Waals surface area contributed by atoms with Gasteiger partial charge in [-0.15, -0.1) is 0 Å². The lowest BCUT2D eigenvalue weighted by molar-refractivity contribution is 0.0759. The highest BCUT2D eigenvalue weighted by atomic mass is 127. The van der Waals surface area contributed by atoms with Crippen LogP contribution in [-0.2, 0) is 0 Å². The van der Waals surface area contributed by atoms with E-state index in [4.69, 9.17) is 5.11 Å². The van der Waals surface area contributed by atoms with Crippen LogP contribution in [0.5, 0.6) is 0 Å². The monoisotopic (exact) mass is 452 g/mol. The van der Waals surface area contributed by atoms with Crippen molar-refractivity contribution in [2.75, 3.05) is 39.3 Å². The van der Waals surface area contributed by atoms with Crippen LogP contribution >= 0.6 is 38.5 Å². The van der Waals surface area contributed by atoms with E-state index in [0.29, 0.717) is 6.54 Å². The van der Waals surface area contributed by atoms with Gasteiger partial charge >= 0.3 is 0 Å². The first-order chi connectivity index (χ1) is 9.61. The van der Waals surface area contributed by atoms with Crippen molar-refractivity contribution in [3.63, 3.8) is 0 Å². The summed E-state index contributed by atoms with van der Waals surface area (Å²) in [5, 5.41) is 9.00. The van der Waals surface area contributed by atoms with E-state index in [2.05, 4.69) is 43.4 Å². The van der Waals surface area contributed by atoms with Crippen LogP contribution in [0.2, 0.25) is 0 Å². The molecule has 6 heteroatoms. The zero-order chi connectivity index (χ0) is 14.5. The quantitative estimate of drug-likeness (QED) is 0.715. The van der Waals surface area contributed by atoms with Gasteiger partial charge in [-0.05, 0) is 69.7 Å². The summed E-state index contributed by atoms with van der Waals surface area (Å²) in [6.07, 6.45) is 0.952. The minimum atomic E-state index is 0.0845. The number of aliphatic hydroxyl groups is 1. The summed E-state index contributed by atoms with van der Waals surface area (Å²) in [4.78, 5) is 16.7. The number of carbonyl (C=O) groups excluding carboxylic acids is 1. The minimum Gasteiger partial charge on any atom is -0.395 e. The molecule has 110 valence electrons. The molecule has 0 radical (unpaired) electrons. The van der Waals surface area contributed by atoms with Crippen molar-refractivity contribution in [3.05, 3.63) is 31.8 Å². The van der Waals surface area contributed by atoms with Crippen LogP contribution in [0.3, 0.4) is 0 Å². The number of halogens is 2. The molecule has 0 aromatic heterocycles.